The number of alkyl halides is 1. The third kappa shape index (κ3) is 4.67. The van der Waals surface area contributed by atoms with E-state index in [1.54, 1.807) is 0 Å². The zero-order valence-electron chi connectivity index (χ0n) is 13.4. The summed E-state index contributed by atoms with van der Waals surface area (Å²) in [6.07, 6.45) is -0.0539. The number of ether oxygens (including phenoxy) is 2. The predicted molar refractivity (Wildman–Crippen MR) is 90.8 cm³/mol. The van der Waals surface area contributed by atoms with Crippen LogP contribution in [0.25, 0.3) is 0 Å². The first-order chi connectivity index (χ1) is 9.08. The van der Waals surface area contributed by atoms with Crippen molar-refractivity contribution in [1.29, 1.82) is 0 Å². The van der Waals surface area contributed by atoms with E-state index < -0.39 is 8.32 Å². The van der Waals surface area contributed by atoms with Crippen molar-refractivity contribution in [3.05, 3.63) is 0 Å². The molecule has 1 aliphatic rings. The average Bonchev–Trinajstić information content (AvgIpc) is 2.66. The van der Waals surface area contributed by atoms with Gasteiger partial charge in [0.05, 0.1) is 12.7 Å². The molecule has 0 aromatic heterocycles. The molecular weight excluding hydrogens is 387 g/mol. The maximum Gasteiger partial charge on any atom is 0.302 e. The van der Waals surface area contributed by atoms with Crippen molar-refractivity contribution < 1.29 is 18.7 Å². The zero-order valence-corrected chi connectivity index (χ0v) is 16.5. The van der Waals surface area contributed by atoms with Gasteiger partial charge in [0.1, 0.15) is 6.10 Å². The molecule has 1 aliphatic heterocycles. The fraction of sp³-hybridized carbons (Fsp3) is 0.929. The molecule has 20 heavy (non-hydrogen) atoms. The van der Waals surface area contributed by atoms with Crippen molar-refractivity contribution in [3.63, 3.8) is 0 Å². The van der Waals surface area contributed by atoms with E-state index in [0.29, 0.717) is 13.2 Å². The van der Waals surface area contributed by atoms with Gasteiger partial charge in [-0.05, 0) is 18.1 Å². The maximum absolute atomic E-state index is 11.2. The number of esters is 1. The summed E-state index contributed by atoms with van der Waals surface area (Å²) in [7, 11) is -1.78. The molecule has 1 saturated heterocycles. The summed E-state index contributed by atoms with van der Waals surface area (Å²) in [5.74, 6) is -0.102. The molecule has 3 atom stereocenters. The molecule has 0 amide bonds. The van der Waals surface area contributed by atoms with Gasteiger partial charge in [-0.15, -0.1) is 0 Å². The fourth-order valence-corrected chi connectivity index (χ4v) is 3.88. The van der Waals surface area contributed by atoms with Crippen LogP contribution >= 0.6 is 22.6 Å². The third-order valence-electron chi connectivity index (χ3n) is 4.34. The van der Waals surface area contributed by atoms with Gasteiger partial charge in [0.15, 0.2) is 8.32 Å². The fourth-order valence-electron chi connectivity index (χ4n) is 1.93. The minimum absolute atomic E-state index is 0.115. The second-order valence-electron chi connectivity index (χ2n) is 6.91. The van der Waals surface area contributed by atoms with Gasteiger partial charge >= 0.3 is 5.97 Å². The van der Waals surface area contributed by atoms with Gasteiger partial charge < -0.3 is 13.9 Å². The van der Waals surface area contributed by atoms with Crippen molar-refractivity contribution >= 4 is 36.9 Å². The number of carbonyl (C=O) groups excluding carboxylic acids is 1. The standard InChI is InChI=1S/C14H27IO4Si/c1-10(16)19-13-9-17-12(7-15)11(13)8-18-20(5,6)14(2,3)4/h11-13H,7-9H2,1-6H3/t11-,12-,13+/m0/s1. The normalized spacial score (nSPS) is 27.6. The Kier molecular flexibility index (Phi) is 6.49. The molecule has 1 fully saturated rings. The molecule has 0 aromatic carbocycles. The van der Waals surface area contributed by atoms with E-state index >= 15 is 0 Å². The Morgan fingerprint density at radius 3 is 2.45 bits per heavy atom. The Balaban J connectivity index is 2.68. The Morgan fingerprint density at radius 1 is 1.40 bits per heavy atom. The molecule has 0 aromatic rings. The van der Waals surface area contributed by atoms with Crippen LogP contribution in [0.4, 0.5) is 0 Å². The smallest absolute Gasteiger partial charge is 0.302 e. The summed E-state index contributed by atoms with van der Waals surface area (Å²) < 4.78 is 18.3. The third-order valence-corrected chi connectivity index (χ3v) is 9.71. The van der Waals surface area contributed by atoms with Crippen LogP contribution < -0.4 is 0 Å². The highest BCUT2D eigenvalue weighted by Crippen LogP contribution is 2.38. The first-order valence-corrected chi connectivity index (χ1v) is 11.5. The highest BCUT2D eigenvalue weighted by atomic mass is 127. The molecule has 0 N–H and O–H groups in total. The van der Waals surface area contributed by atoms with Crippen molar-refractivity contribution in [1.82, 2.24) is 0 Å². The van der Waals surface area contributed by atoms with Gasteiger partial charge in [-0.25, -0.2) is 0 Å². The monoisotopic (exact) mass is 414 g/mol. The second kappa shape index (κ2) is 7.06. The van der Waals surface area contributed by atoms with Gasteiger partial charge in [-0.3, -0.25) is 4.79 Å². The van der Waals surface area contributed by atoms with Gasteiger partial charge in [0.25, 0.3) is 0 Å². The molecule has 1 heterocycles. The zero-order chi connectivity index (χ0) is 15.6. The molecule has 118 valence electrons. The molecule has 0 saturated carbocycles. The van der Waals surface area contributed by atoms with Crippen LogP contribution in [-0.4, -0.2) is 44.1 Å². The minimum Gasteiger partial charge on any atom is -0.460 e. The van der Waals surface area contributed by atoms with Gasteiger partial charge in [0, 0.05) is 23.9 Å². The molecule has 0 radical (unpaired) electrons. The van der Waals surface area contributed by atoms with Gasteiger partial charge in [-0.1, -0.05) is 43.4 Å². The summed E-state index contributed by atoms with van der Waals surface area (Å²) in [4.78, 5) is 11.2. The van der Waals surface area contributed by atoms with E-state index in [1.807, 2.05) is 0 Å². The Hall–Kier alpha value is 0.337. The summed E-state index contributed by atoms with van der Waals surface area (Å²) in [5.41, 5.74) is 0. The average molecular weight is 414 g/mol. The van der Waals surface area contributed by atoms with E-state index in [1.165, 1.54) is 6.92 Å². The molecule has 0 aliphatic carbocycles. The van der Waals surface area contributed by atoms with Crippen LogP contribution in [0.3, 0.4) is 0 Å². The summed E-state index contributed by atoms with van der Waals surface area (Å²) >= 11 is 2.32. The van der Waals surface area contributed by atoms with E-state index in [9.17, 15) is 4.79 Å². The van der Waals surface area contributed by atoms with Gasteiger partial charge in [0.2, 0.25) is 0 Å². The lowest BCUT2D eigenvalue weighted by atomic mass is 10.0. The summed E-state index contributed by atoms with van der Waals surface area (Å²) in [5, 5.41) is 0.184. The Bertz CT molecular complexity index is 341. The number of hydrogen-bond donors (Lipinski definition) is 0. The van der Waals surface area contributed by atoms with Crippen LogP contribution in [0.2, 0.25) is 18.1 Å². The van der Waals surface area contributed by atoms with Crippen LogP contribution in [0.15, 0.2) is 0 Å². The van der Waals surface area contributed by atoms with Crippen LogP contribution in [0.5, 0.6) is 0 Å². The molecule has 0 unspecified atom stereocenters. The van der Waals surface area contributed by atoms with Crippen molar-refractivity contribution in [2.24, 2.45) is 5.92 Å². The minimum atomic E-state index is -1.78. The Morgan fingerprint density at radius 2 is 2.00 bits per heavy atom. The quantitative estimate of drug-likeness (QED) is 0.300. The highest BCUT2D eigenvalue weighted by molar-refractivity contribution is 14.1. The van der Waals surface area contributed by atoms with E-state index in [4.69, 9.17) is 13.9 Å². The summed E-state index contributed by atoms with van der Waals surface area (Å²) in [6, 6.07) is 0. The number of hydrogen-bond acceptors (Lipinski definition) is 4. The highest BCUT2D eigenvalue weighted by Gasteiger charge is 2.43. The van der Waals surface area contributed by atoms with Crippen molar-refractivity contribution in [2.45, 2.75) is 58.0 Å². The van der Waals surface area contributed by atoms with Crippen LogP contribution in [-0.2, 0) is 18.7 Å². The molecule has 6 heteroatoms. The maximum atomic E-state index is 11.2. The molecule has 0 spiro atoms. The lowest BCUT2D eigenvalue weighted by Crippen LogP contribution is -2.44. The Labute approximate surface area is 137 Å². The molecule has 0 bridgehead atoms. The lowest BCUT2D eigenvalue weighted by Gasteiger charge is -2.37. The lowest BCUT2D eigenvalue weighted by molar-refractivity contribution is -0.148. The predicted octanol–water partition coefficient (Wildman–Crippen LogP) is 3.39. The molecule has 1 rings (SSSR count). The number of halogens is 1. The van der Waals surface area contributed by atoms with E-state index in [0.717, 1.165) is 4.43 Å². The van der Waals surface area contributed by atoms with Crippen LogP contribution in [0.1, 0.15) is 27.7 Å². The topological polar surface area (TPSA) is 44.8 Å². The second-order valence-corrected chi connectivity index (χ2v) is 12.6. The number of carbonyl (C=O) groups is 1. The SMILES string of the molecule is CC(=O)O[C@@H]1CO[C@@H](CI)[C@@H]1CO[Si](C)(C)C(C)(C)C. The molecular formula is C14H27IO4Si. The number of rotatable bonds is 5. The van der Waals surface area contributed by atoms with E-state index in [-0.39, 0.29) is 29.1 Å². The largest absolute Gasteiger partial charge is 0.460 e. The molecule has 4 nitrogen and oxygen atoms in total. The first kappa shape index (κ1) is 18.4. The first-order valence-electron chi connectivity index (χ1n) is 7.07. The van der Waals surface area contributed by atoms with E-state index in [2.05, 4.69) is 56.5 Å². The van der Waals surface area contributed by atoms with Crippen molar-refractivity contribution in [2.75, 3.05) is 17.6 Å². The van der Waals surface area contributed by atoms with Crippen molar-refractivity contribution in [3.8, 4) is 0 Å². The van der Waals surface area contributed by atoms with Crippen LogP contribution in [0, 0.1) is 5.92 Å². The van der Waals surface area contributed by atoms with Gasteiger partial charge in [-0.2, -0.15) is 0 Å². The summed E-state index contributed by atoms with van der Waals surface area (Å²) in [6.45, 7) is 13.7.